The van der Waals surface area contributed by atoms with Crippen molar-refractivity contribution in [2.75, 3.05) is 19.7 Å². The first-order valence-corrected chi connectivity index (χ1v) is 10.7. The van der Waals surface area contributed by atoms with E-state index in [-0.39, 0.29) is 24.8 Å². The number of ketones is 1. The molecule has 1 unspecified atom stereocenters. The lowest BCUT2D eigenvalue weighted by Crippen LogP contribution is -2.32. The molecule has 0 aliphatic rings. The van der Waals surface area contributed by atoms with E-state index in [0.717, 1.165) is 29.7 Å². The molecule has 3 aromatic carbocycles. The van der Waals surface area contributed by atoms with E-state index in [9.17, 15) is 9.90 Å². The summed E-state index contributed by atoms with van der Waals surface area (Å²) in [6.45, 7) is 7.22. The van der Waals surface area contributed by atoms with Gasteiger partial charge < -0.3 is 15.2 Å². The molecule has 4 nitrogen and oxygen atoms in total. The molecule has 0 aliphatic carbocycles. The van der Waals surface area contributed by atoms with E-state index >= 15 is 0 Å². The van der Waals surface area contributed by atoms with Gasteiger partial charge in [-0.1, -0.05) is 66.2 Å². The van der Waals surface area contributed by atoms with Crippen molar-refractivity contribution >= 4 is 18.2 Å². The fraction of sp³-hybridized carbons (Fsp3) is 0.296. The lowest BCUT2D eigenvalue weighted by molar-refractivity contribution is 0.0988. The average molecular weight is 454 g/mol. The van der Waals surface area contributed by atoms with Crippen LogP contribution in [-0.4, -0.2) is 36.7 Å². The molecule has 0 heterocycles. The summed E-state index contributed by atoms with van der Waals surface area (Å²) in [7, 11) is 0. The molecular weight excluding hydrogens is 422 g/mol. The van der Waals surface area contributed by atoms with Crippen molar-refractivity contribution in [3.8, 4) is 5.75 Å². The van der Waals surface area contributed by atoms with Gasteiger partial charge in [0.1, 0.15) is 18.5 Å². The van der Waals surface area contributed by atoms with Crippen LogP contribution in [0.4, 0.5) is 0 Å². The molecule has 3 rings (SSSR count). The molecule has 3 aromatic rings. The number of ether oxygens (including phenoxy) is 1. The van der Waals surface area contributed by atoms with Crippen LogP contribution in [0.1, 0.15) is 38.2 Å². The van der Waals surface area contributed by atoms with E-state index < -0.39 is 6.10 Å². The number of nitrogens with one attached hydrogen (secondary N) is 1. The van der Waals surface area contributed by atoms with Crippen LogP contribution in [0.15, 0.2) is 66.7 Å². The first kappa shape index (κ1) is 25.6. The van der Waals surface area contributed by atoms with E-state index in [1.54, 1.807) is 0 Å². The summed E-state index contributed by atoms with van der Waals surface area (Å²) in [5, 5.41) is 13.6. The molecule has 2 N–H and O–H groups in total. The molecule has 5 heteroatoms. The van der Waals surface area contributed by atoms with Crippen LogP contribution in [0, 0.1) is 20.8 Å². The second-order valence-electron chi connectivity index (χ2n) is 8.05. The van der Waals surface area contributed by atoms with E-state index in [1.807, 2.05) is 75.4 Å². The first-order chi connectivity index (χ1) is 14.9. The molecule has 1 atom stereocenters. The van der Waals surface area contributed by atoms with Crippen molar-refractivity contribution in [3.05, 3.63) is 100 Å². The van der Waals surface area contributed by atoms with E-state index in [0.29, 0.717) is 23.4 Å². The van der Waals surface area contributed by atoms with Crippen LogP contribution in [0.25, 0.3) is 0 Å². The summed E-state index contributed by atoms with van der Waals surface area (Å²) in [4.78, 5) is 13.1. The van der Waals surface area contributed by atoms with Gasteiger partial charge in [-0.25, -0.2) is 0 Å². The standard InChI is InChI=1S/C27H31NO3.ClH/c1-19-9-11-23(12-10-19)27(30)26-21(3)15-20(2)16-25(26)31-18-24(29)17-28-14-13-22-7-5-4-6-8-22;/h4-12,15-16,24,28-29H,13-14,17-18H2,1-3H3;1H. The number of aliphatic hydroxyl groups is 1. The molecule has 32 heavy (non-hydrogen) atoms. The van der Waals surface area contributed by atoms with Crippen LogP contribution in [0.3, 0.4) is 0 Å². The Balaban J connectivity index is 0.00000363. The van der Waals surface area contributed by atoms with Gasteiger partial charge in [0.25, 0.3) is 0 Å². The van der Waals surface area contributed by atoms with Gasteiger partial charge in [-0.3, -0.25) is 4.79 Å². The first-order valence-electron chi connectivity index (χ1n) is 10.7. The third-order valence-electron chi connectivity index (χ3n) is 5.23. The zero-order valence-electron chi connectivity index (χ0n) is 18.9. The SMILES string of the molecule is Cc1ccc(C(=O)c2c(C)cc(C)cc2OCC(O)CNCCc2ccccc2)cc1.Cl. The monoisotopic (exact) mass is 453 g/mol. The third kappa shape index (κ3) is 7.20. The van der Waals surface area contributed by atoms with Gasteiger partial charge in [0, 0.05) is 12.1 Å². The number of aliphatic hydroxyl groups excluding tert-OH is 1. The average Bonchev–Trinajstić information content (AvgIpc) is 2.76. The van der Waals surface area contributed by atoms with Gasteiger partial charge >= 0.3 is 0 Å². The van der Waals surface area contributed by atoms with Crippen LogP contribution >= 0.6 is 12.4 Å². The molecule has 0 aliphatic heterocycles. The lowest BCUT2D eigenvalue weighted by Gasteiger charge is -2.17. The van der Waals surface area contributed by atoms with Gasteiger partial charge in [0.2, 0.25) is 0 Å². The number of rotatable bonds is 10. The van der Waals surface area contributed by atoms with E-state index in [2.05, 4.69) is 17.4 Å². The molecule has 0 saturated carbocycles. The van der Waals surface area contributed by atoms with Crippen LogP contribution in [0.5, 0.6) is 5.75 Å². The number of halogens is 1. The van der Waals surface area contributed by atoms with Crippen molar-refractivity contribution in [1.29, 1.82) is 0 Å². The Morgan fingerprint density at radius 3 is 2.34 bits per heavy atom. The molecule has 0 spiro atoms. The molecule has 0 aromatic heterocycles. The smallest absolute Gasteiger partial charge is 0.197 e. The Bertz CT molecular complexity index is 1000. The minimum atomic E-state index is -0.668. The predicted octanol–water partition coefficient (Wildman–Crippen LogP) is 4.84. The van der Waals surface area contributed by atoms with E-state index in [4.69, 9.17) is 4.74 Å². The number of carbonyl (C=O) groups is 1. The normalized spacial score (nSPS) is 11.5. The molecule has 0 bridgehead atoms. The summed E-state index contributed by atoms with van der Waals surface area (Å²) in [5.74, 6) is 0.453. The van der Waals surface area contributed by atoms with Crippen LogP contribution in [0.2, 0.25) is 0 Å². The topological polar surface area (TPSA) is 58.6 Å². The zero-order chi connectivity index (χ0) is 22.2. The van der Waals surface area contributed by atoms with Crippen molar-refractivity contribution < 1.29 is 14.6 Å². The molecule has 0 fully saturated rings. The summed E-state index contributed by atoms with van der Waals surface area (Å²) >= 11 is 0. The predicted molar refractivity (Wildman–Crippen MR) is 132 cm³/mol. The number of hydrogen-bond acceptors (Lipinski definition) is 4. The highest BCUT2D eigenvalue weighted by Gasteiger charge is 2.19. The zero-order valence-corrected chi connectivity index (χ0v) is 19.7. The summed E-state index contributed by atoms with van der Waals surface area (Å²) < 4.78 is 5.93. The summed E-state index contributed by atoms with van der Waals surface area (Å²) in [6.07, 6.45) is 0.236. The summed E-state index contributed by atoms with van der Waals surface area (Å²) in [5.41, 5.74) is 5.44. The largest absolute Gasteiger partial charge is 0.490 e. The van der Waals surface area contributed by atoms with Crippen molar-refractivity contribution in [2.45, 2.75) is 33.3 Å². The van der Waals surface area contributed by atoms with Crippen molar-refractivity contribution in [2.24, 2.45) is 0 Å². The van der Waals surface area contributed by atoms with Gasteiger partial charge in [0.05, 0.1) is 5.56 Å². The maximum Gasteiger partial charge on any atom is 0.197 e. The van der Waals surface area contributed by atoms with Crippen molar-refractivity contribution in [3.63, 3.8) is 0 Å². The quantitative estimate of drug-likeness (QED) is 0.341. The maximum absolute atomic E-state index is 13.1. The second-order valence-corrected chi connectivity index (χ2v) is 8.05. The molecule has 170 valence electrons. The van der Waals surface area contributed by atoms with Gasteiger partial charge in [0.15, 0.2) is 5.78 Å². The highest BCUT2D eigenvalue weighted by atomic mass is 35.5. The van der Waals surface area contributed by atoms with Gasteiger partial charge in [-0.2, -0.15) is 0 Å². The minimum Gasteiger partial charge on any atom is -0.490 e. The Hall–Kier alpha value is -2.66. The molecule has 0 radical (unpaired) electrons. The highest BCUT2D eigenvalue weighted by molar-refractivity contribution is 6.11. The number of hydrogen-bond donors (Lipinski definition) is 2. The number of benzene rings is 3. The lowest BCUT2D eigenvalue weighted by atomic mass is 9.96. The fourth-order valence-corrected chi connectivity index (χ4v) is 3.57. The van der Waals surface area contributed by atoms with Crippen molar-refractivity contribution in [1.82, 2.24) is 5.32 Å². The van der Waals surface area contributed by atoms with Gasteiger partial charge in [-0.05, 0) is 56.5 Å². The fourth-order valence-electron chi connectivity index (χ4n) is 3.57. The number of aryl methyl sites for hydroxylation is 3. The Labute approximate surface area is 197 Å². The van der Waals surface area contributed by atoms with Crippen LogP contribution in [-0.2, 0) is 6.42 Å². The third-order valence-corrected chi connectivity index (χ3v) is 5.23. The Morgan fingerprint density at radius 1 is 0.969 bits per heavy atom. The number of carbonyl (C=O) groups excluding carboxylic acids is 1. The molecular formula is C27H32ClNO3. The highest BCUT2D eigenvalue weighted by Crippen LogP contribution is 2.27. The summed E-state index contributed by atoms with van der Waals surface area (Å²) in [6, 6.07) is 21.6. The van der Waals surface area contributed by atoms with E-state index in [1.165, 1.54) is 5.56 Å². The second kappa shape index (κ2) is 12.4. The molecule has 0 saturated heterocycles. The molecule has 0 amide bonds. The Morgan fingerprint density at radius 2 is 1.66 bits per heavy atom. The van der Waals surface area contributed by atoms with Crippen LogP contribution < -0.4 is 10.1 Å². The Kier molecular flexibility index (Phi) is 9.92. The minimum absolute atomic E-state index is 0. The maximum atomic E-state index is 13.1. The van der Waals surface area contributed by atoms with Gasteiger partial charge in [-0.15, -0.1) is 12.4 Å².